The third-order valence-corrected chi connectivity index (χ3v) is 2.72. The molecular weight excluding hydrogens is 306 g/mol. The minimum Gasteiger partial charge on any atom is -0.481 e. The normalized spacial score (nSPS) is 10.1. The van der Waals surface area contributed by atoms with Crippen LogP contribution in [0.15, 0.2) is 16.7 Å². The van der Waals surface area contributed by atoms with E-state index < -0.39 is 10.9 Å². The zero-order valence-corrected chi connectivity index (χ0v) is 11.3. The number of nitro groups is 1. The number of carboxylic acids is 1. The number of pyridine rings is 1. The minimum absolute atomic E-state index is 0.0945. The summed E-state index contributed by atoms with van der Waals surface area (Å²) in [6.07, 6.45) is 1.36. The number of rotatable bonds is 6. The smallest absolute Gasteiger partial charge is 0.312 e. The lowest BCUT2D eigenvalue weighted by Gasteiger charge is -2.20. The van der Waals surface area contributed by atoms with Crippen LogP contribution in [0.3, 0.4) is 0 Å². The van der Waals surface area contributed by atoms with Crippen molar-refractivity contribution in [2.45, 2.75) is 13.3 Å². The summed E-state index contributed by atoms with van der Waals surface area (Å²) in [6, 6.07) is 1.35. The Morgan fingerprint density at radius 2 is 2.33 bits per heavy atom. The van der Waals surface area contributed by atoms with Gasteiger partial charge in [-0.2, -0.15) is 0 Å². The second kappa shape index (κ2) is 6.29. The van der Waals surface area contributed by atoms with Crippen molar-refractivity contribution in [1.29, 1.82) is 0 Å². The molecule has 1 N–H and O–H groups in total. The summed E-state index contributed by atoms with van der Waals surface area (Å²) >= 11 is 3.12. The number of hydrogen-bond donors (Lipinski definition) is 1. The molecule has 0 fully saturated rings. The van der Waals surface area contributed by atoms with E-state index in [4.69, 9.17) is 5.11 Å². The summed E-state index contributed by atoms with van der Waals surface area (Å²) in [6.45, 7) is 2.42. The van der Waals surface area contributed by atoms with Gasteiger partial charge in [-0.15, -0.1) is 0 Å². The molecule has 0 aromatic carbocycles. The van der Waals surface area contributed by atoms with Crippen LogP contribution in [-0.2, 0) is 4.79 Å². The maximum absolute atomic E-state index is 10.9. The summed E-state index contributed by atoms with van der Waals surface area (Å²) in [7, 11) is 0. The van der Waals surface area contributed by atoms with Crippen molar-refractivity contribution in [3.05, 3.63) is 26.9 Å². The average molecular weight is 318 g/mol. The van der Waals surface area contributed by atoms with Crippen LogP contribution >= 0.6 is 15.9 Å². The Morgan fingerprint density at radius 3 is 2.83 bits per heavy atom. The lowest BCUT2D eigenvalue weighted by Crippen LogP contribution is -2.27. The predicted octanol–water partition coefficient (Wildman–Crippen LogP) is 2.05. The minimum atomic E-state index is -0.951. The third kappa shape index (κ3) is 3.66. The van der Waals surface area contributed by atoms with Crippen LogP contribution in [0.4, 0.5) is 11.5 Å². The van der Waals surface area contributed by atoms with Gasteiger partial charge in [-0.05, 0) is 22.9 Å². The van der Waals surface area contributed by atoms with Crippen LogP contribution < -0.4 is 4.90 Å². The number of anilines is 1. The fourth-order valence-electron chi connectivity index (χ4n) is 1.44. The quantitative estimate of drug-likeness (QED) is 0.637. The number of hydrogen-bond acceptors (Lipinski definition) is 5. The molecule has 0 aliphatic carbocycles. The zero-order chi connectivity index (χ0) is 13.7. The van der Waals surface area contributed by atoms with E-state index in [1.807, 2.05) is 0 Å². The maximum atomic E-state index is 10.9. The molecule has 1 heterocycles. The Kier molecular flexibility index (Phi) is 5.02. The maximum Gasteiger partial charge on any atom is 0.312 e. The average Bonchev–Trinajstić information content (AvgIpc) is 2.30. The van der Waals surface area contributed by atoms with E-state index in [1.165, 1.54) is 12.3 Å². The topological polar surface area (TPSA) is 96.6 Å². The van der Waals surface area contributed by atoms with Crippen molar-refractivity contribution in [3.8, 4) is 0 Å². The van der Waals surface area contributed by atoms with Gasteiger partial charge in [0, 0.05) is 29.8 Å². The molecule has 0 aliphatic heterocycles. The van der Waals surface area contributed by atoms with E-state index in [0.29, 0.717) is 11.0 Å². The first-order chi connectivity index (χ1) is 8.45. The molecule has 0 unspecified atom stereocenters. The molecule has 1 rings (SSSR count). The highest BCUT2D eigenvalue weighted by Crippen LogP contribution is 2.28. The second-order valence-electron chi connectivity index (χ2n) is 3.48. The highest BCUT2D eigenvalue weighted by atomic mass is 79.9. The Labute approximate surface area is 112 Å². The number of aliphatic carboxylic acids is 1. The molecule has 0 amide bonds. The summed E-state index contributed by atoms with van der Waals surface area (Å²) in [4.78, 5) is 26.5. The lowest BCUT2D eigenvalue weighted by atomic mass is 10.3. The van der Waals surface area contributed by atoms with Gasteiger partial charge in [0.15, 0.2) is 0 Å². The zero-order valence-electron chi connectivity index (χ0n) is 9.67. The molecule has 98 valence electrons. The Morgan fingerprint density at radius 1 is 1.67 bits per heavy atom. The van der Waals surface area contributed by atoms with Gasteiger partial charge in [0.05, 0.1) is 11.3 Å². The van der Waals surface area contributed by atoms with Crippen LogP contribution in [0.5, 0.6) is 0 Å². The van der Waals surface area contributed by atoms with Gasteiger partial charge in [-0.1, -0.05) is 0 Å². The molecular formula is C10H12BrN3O4. The lowest BCUT2D eigenvalue weighted by molar-refractivity contribution is -0.384. The van der Waals surface area contributed by atoms with E-state index in [9.17, 15) is 14.9 Å². The molecule has 1 aromatic rings. The van der Waals surface area contributed by atoms with Crippen molar-refractivity contribution < 1.29 is 14.8 Å². The molecule has 7 nitrogen and oxygen atoms in total. The van der Waals surface area contributed by atoms with Crippen molar-refractivity contribution >= 4 is 33.4 Å². The van der Waals surface area contributed by atoms with Crippen molar-refractivity contribution in [3.63, 3.8) is 0 Å². The van der Waals surface area contributed by atoms with E-state index in [-0.39, 0.29) is 24.5 Å². The van der Waals surface area contributed by atoms with Gasteiger partial charge < -0.3 is 10.0 Å². The van der Waals surface area contributed by atoms with Crippen LogP contribution in [0.2, 0.25) is 0 Å². The Balaban J connectivity index is 3.04. The van der Waals surface area contributed by atoms with Crippen molar-refractivity contribution in [2.75, 3.05) is 18.0 Å². The molecule has 0 bridgehead atoms. The van der Waals surface area contributed by atoms with E-state index in [1.54, 1.807) is 11.8 Å². The Hall–Kier alpha value is -1.70. The predicted molar refractivity (Wildman–Crippen MR) is 68.7 cm³/mol. The Bertz CT molecular complexity index is 466. The summed E-state index contributed by atoms with van der Waals surface area (Å²) in [5.41, 5.74) is -0.142. The van der Waals surface area contributed by atoms with Gasteiger partial charge in [0.2, 0.25) is 5.82 Å². The fraction of sp³-hybridized carbons (Fsp3) is 0.400. The number of nitrogens with zero attached hydrogens (tertiary/aromatic N) is 3. The van der Waals surface area contributed by atoms with Gasteiger partial charge in [-0.3, -0.25) is 14.9 Å². The monoisotopic (exact) mass is 317 g/mol. The van der Waals surface area contributed by atoms with Gasteiger partial charge in [0.1, 0.15) is 0 Å². The number of carbonyl (C=O) groups is 1. The molecule has 0 radical (unpaired) electrons. The summed E-state index contributed by atoms with van der Waals surface area (Å²) in [5, 5.41) is 19.6. The molecule has 0 saturated heterocycles. The van der Waals surface area contributed by atoms with Crippen LogP contribution in [0.25, 0.3) is 0 Å². The second-order valence-corrected chi connectivity index (χ2v) is 4.39. The fourth-order valence-corrected chi connectivity index (χ4v) is 1.76. The first-order valence-corrected chi connectivity index (χ1v) is 6.01. The first-order valence-electron chi connectivity index (χ1n) is 5.22. The molecule has 1 aromatic heterocycles. The molecule has 0 saturated carbocycles. The van der Waals surface area contributed by atoms with Gasteiger partial charge >= 0.3 is 11.7 Å². The number of aromatic nitrogens is 1. The van der Waals surface area contributed by atoms with E-state index in [0.717, 1.165) is 0 Å². The van der Waals surface area contributed by atoms with E-state index >= 15 is 0 Å². The van der Waals surface area contributed by atoms with Gasteiger partial charge in [-0.25, -0.2) is 4.98 Å². The highest BCUT2D eigenvalue weighted by Gasteiger charge is 2.21. The number of halogens is 1. The molecule has 0 aliphatic rings. The molecule has 8 heteroatoms. The first kappa shape index (κ1) is 14.4. The SMILES string of the molecule is CCN(CCC(=O)O)c1ncc(Br)cc1[N+](=O)[O-]. The third-order valence-electron chi connectivity index (χ3n) is 2.29. The summed E-state index contributed by atoms with van der Waals surface area (Å²) in [5.74, 6) is -0.764. The van der Waals surface area contributed by atoms with Crippen LogP contribution in [0, 0.1) is 10.1 Å². The molecule has 18 heavy (non-hydrogen) atoms. The molecule has 0 atom stereocenters. The number of carboxylic acid groups (broad SMARTS) is 1. The van der Waals surface area contributed by atoms with Crippen LogP contribution in [0.1, 0.15) is 13.3 Å². The van der Waals surface area contributed by atoms with Gasteiger partial charge in [0.25, 0.3) is 0 Å². The standard InChI is InChI=1S/C10H12BrN3O4/c1-2-13(4-3-9(15)16)10-8(14(17)18)5-7(11)6-12-10/h5-6H,2-4H2,1H3,(H,15,16). The van der Waals surface area contributed by atoms with Crippen molar-refractivity contribution in [2.24, 2.45) is 0 Å². The molecule has 0 spiro atoms. The highest BCUT2D eigenvalue weighted by molar-refractivity contribution is 9.10. The van der Waals surface area contributed by atoms with E-state index in [2.05, 4.69) is 20.9 Å². The largest absolute Gasteiger partial charge is 0.481 e. The summed E-state index contributed by atoms with van der Waals surface area (Å²) < 4.78 is 0.507. The van der Waals surface area contributed by atoms with Crippen LogP contribution in [-0.4, -0.2) is 34.1 Å². The van der Waals surface area contributed by atoms with Crippen molar-refractivity contribution in [1.82, 2.24) is 4.98 Å².